The van der Waals surface area contributed by atoms with Crippen molar-refractivity contribution in [1.29, 1.82) is 0 Å². The van der Waals surface area contributed by atoms with E-state index in [1.807, 2.05) is 37.3 Å². The number of carbonyl (C=O) groups excluding carboxylic acids is 1. The van der Waals surface area contributed by atoms with Crippen molar-refractivity contribution in [3.8, 4) is 0 Å². The van der Waals surface area contributed by atoms with E-state index in [-0.39, 0.29) is 5.91 Å². The quantitative estimate of drug-likeness (QED) is 0.675. The molecule has 0 aliphatic carbocycles. The number of carbonyl (C=O) groups is 1. The second kappa shape index (κ2) is 5.60. The zero-order valence-electron chi connectivity index (χ0n) is 13.1. The third-order valence-electron chi connectivity index (χ3n) is 4.05. The third kappa shape index (κ3) is 2.51. The van der Waals surface area contributed by atoms with Crippen molar-refractivity contribution < 1.29 is 4.79 Å². The van der Waals surface area contributed by atoms with Crippen LogP contribution in [0.5, 0.6) is 0 Å². The number of fused-ring (bicyclic) bond motifs is 1. The average molecular weight is 411 g/mol. The van der Waals surface area contributed by atoms with Gasteiger partial charge >= 0.3 is 0 Å². The number of nitrogens with zero attached hydrogens (tertiary/aromatic N) is 5. The molecule has 1 amide bonds. The lowest BCUT2D eigenvalue weighted by Crippen LogP contribution is -2.39. The number of amides is 1. The summed E-state index contributed by atoms with van der Waals surface area (Å²) in [6, 6.07) is 0. The molecular weight excluding hydrogens is 393 g/mol. The Labute approximate surface area is 143 Å². The molecule has 0 bridgehead atoms. The predicted molar refractivity (Wildman–Crippen MR) is 90.7 cm³/mol. The minimum atomic E-state index is -0.0472. The average Bonchev–Trinajstić information content (AvgIpc) is 2.77. The van der Waals surface area contributed by atoms with Gasteiger partial charge in [-0.1, -0.05) is 0 Å². The summed E-state index contributed by atoms with van der Waals surface area (Å²) < 4.78 is 3.14. The molecule has 2 aromatic heterocycles. The molecular formula is C15H18IN5O. The first-order valence-corrected chi connectivity index (χ1v) is 8.29. The monoisotopic (exact) mass is 411 g/mol. The molecule has 1 aliphatic heterocycles. The van der Waals surface area contributed by atoms with Gasteiger partial charge < -0.3 is 4.90 Å². The van der Waals surface area contributed by atoms with Crippen LogP contribution in [0.15, 0.2) is 0 Å². The number of aryl methyl sites for hydroxylation is 4. The van der Waals surface area contributed by atoms with Gasteiger partial charge in [0, 0.05) is 6.54 Å². The van der Waals surface area contributed by atoms with Crippen LogP contribution in [0.1, 0.15) is 39.0 Å². The van der Waals surface area contributed by atoms with Gasteiger partial charge in [-0.3, -0.25) is 14.5 Å². The highest BCUT2D eigenvalue weighted by Gasteiger charge is 2.27. The van der Waals surface area contributed by atoms with E-state index in [0.29, 0.717) is 24.5 Å². The summed E-state index contributed by atoms with van der Waals surface area (Å²) in [6.45, 7) is 9.59. The SMILES string of the molecule is Cc1nc(C)c(C(=O)N2CCn3nc(C)c(I)c3C2)nc1C. The molecule has 0 atom stereocenters. The lowest BCUT2D eigenvalue weighted by Gasteiger charge is -2.28. The van der Waals surface area contributed by atoms with Gasteiger partial charge in [-0.2, -0.15) is 5.10 Å². The Morgan fingerprint density at radius 1 is 1.00 bits per heavy atom. The van der Waals surface area contributed by atoms with E-state index in [1.165, 1.54) is 0 Å². The number of rotatable bonds is 1. The van der Waals surface area contributed by atoms with Gasteiger partial charge in [0.25, 0.3) is 5.91 Å². The fourth-order valence-electron chi connectivity index (χ4n) is 2.66. The van der Waals surface area contributed by atoms with Crippen LogP contribution in [-0.4, -0.2) is 37.1 Å². The van der Waals surface area contributed by atoms with Crippen LogP contribution in [0, 0.1) is 31.3 Å². The van der Waals surface area contributed by atoms with E-state index < -0.39 is 0 Å². The fourth-order valence-corrected chi connectivity index (χ4v) is 3.22. The summed E-state index contributed by atoms with van der Waals surface area (Å²) in [4.78, 5) is 23.5. The van der Waals surface area contributed by atoms with Gasteiger partial charge in [-0.25, -0.2) is 4.98 Å². The minimum Gasteiger partial charge on any atom is -0.329 e. The Morgan fingerprint density at radius 2 is 1.68 bits per heavy atom. The highest BCUT2D eigenvalue weighted by molar-refractivity contribution is 14.1. The third-order valence-corrected chi connectivity index (χ3v) is 5.45. The maximum Gasteiger partial charge on any atom is 0.274 e. The van der Waals surface area contributed by atoms with Crippen molar-refractivity contribution in [3.05, 3.63) is 37.7 Å². The standard InChI is InChI=1S/C15H18IN5O/c1-8-9(2)18-14(11(4)17-8)15(22)20-5-6-21-12(7-20)13(16)10(3)19-21/h5-7H2,1-4H3. The molecule has 0 fully saturated rings. The van der Waals surface area contributed by atoms with Crippen molar-refractivity contribution in [3.63, 3.8) is 0 Å². The molecule has 0 radical (unpaired) electrons. The molecule has 0 N–H and O–H groups in total. The summed E-state index contributed by atoms with van der Waals surface area (Å²) in [5.41, 5.74) is 4.96. The van der Waals surface area contributed by atoms with Gasteiger partial charge in [-0.05, 0) is 50.3 Å². The normalized spacial score (nSPS) is 14.1. The van der Waals surface area contributed by atoms with Crippen molar-refractivity contribution >= 4 is 28.5 Å². The second-order valence-corrected chi connectivity index (χ2v) is 6.70. The molecule has 0 unspecified atom stereocenters. The molecule has 7 heteroatoms. The Bertz CT molecular complexity index is 768. The van der Waals surface area contributed by atoms with Crippen molar-refractivity contribution in [1.82, 2.24) is 24.6 Å². The van der Waals surface area contributed by atoms with Crippen molar-refractivity contribution in [2.45, 2.75) is 40.8 Å². The summed E-state index contributed by atoms with van der Waals surface area (Å²) in [6.07, 6.45) is 0. The van der Waals surface area contributed by atoms with Crippen LogP contribution in [0.4, 0.5) is 0 Å². The Morgan fingerprint density at radius 3 is 2.41 bits per heavy atom. The Kier molecular flexibility index (Phi) is 3.92. The van der Waals surface area contributed by atoms with E-state index in [9.17, 15) is 4.79 Å². The summed E-state index contributed by atoms with van der Waals surface area (Å²) in [7, 11) is 0. The van der Waals surface area contributed by atoms with E-state index in [1.54, 1.807) is 0 Å². The summed E-state index contributed by atoms with van der Waals surface area (Å²) >= 11 is 2.30. The molecule has 116 valence electrons. The molecule has 22 heavy (non-hydrogen) atoms. The van der Waals surface area contributed by atoms with Crippen LogP contribution in [0.2, 0.25) is 0 Å². The van der Waals surface area contributed by atoms with Gasteiger partial charge in [0.05, 0.1) is 45.1 Å². The first kappa shape index (κ1) is 15.4. The largest absolute Gasteiger partial charge is 0.329 e. The molecule has 2 aromatic rings. The first-order valence-electron chi connectivity index (χ1n) is 7.21. The minimum absolute atomic E-state index is 0.0472. The smallest absolute Gasteiger partial charge is 0.274 e. The topological polar surface area (TPSA) is 63.9 Å². The van der Waals surface area contributed by atoms with Crippen LogP contribution in [-0.2, 0) is 13.1 Å². The van der Waals surface area contributed by atoms with Gasteiger partial charge in [-0.15, -0.1) is 0 Å². The zero-order chi connectivity index (χ0) is 16.0. The lowest BCUT2D eigenvalue weighted by atomic mass is 10.2. The lowest BCUT2D eigenvalue weighted by molar-refractivity contribution is 0.0697. The van der Waals surface area contributed by atoms with E-state index in [4.69, 9.17) is 0 Å². The molecule has 3 heterocycles. The second-order valence-electron chi connectivity index (χ2n) is 5.62. The van der Waals surface area contributed by atoms with Crippen LogP contribution in [0.25, 0.3) is 0 Å². The molecule has 6 nitrogen and oxygen atoms in total. The molecule has 0 spiro atoms. The molecule has 0 aromatic carbocycles. The highest BCUT2D eigenvalue weighted by Crippen LogP contribution is 2.23. The number of halogens is 1. The molecule has 0 saturated carbocycles. The van der Waals surface area contributed by atoms with Gasteiger partial charge in [0.2, 0.25) is 0 Å². The van der Waals surface area contributed by atoms with Crippen LogP contribution in [0.3, 0.4) is 0 Å². The highest BCUT2D eigenvalue weighted by atomic mass is 127. The summed E-state index contributed by atoms with van der Waals surface area (Å²) in [5.74, 6) is -0.0472. The zero-order valence-corrected chi connectivity index (χ0v) is 15.3. The molecule has 3 rings (SSSR count). The predicted octanol–water partition coefficient (Wildman–Crippen LogP) is 2.17. The van der Waals surface area contributed by atoms with E-state index in [0.717, 1.165) is 32.9 Å². The van der Waals surface area contributed by atoms with E-state index >= 15 is 0 Å². The Hall–Kier alpha value is -1.51. The van der Waals surface area contributed by atoms with E-state index in [2.05, 4.69) is 37.7 Å². The maximum atomic E-state index is 12.8. The maximum absolute atomic E-state index is 12.8. The van der Waals surface area contributed by atoms with Gasteiger partial charge in [0.15, 0.2) is 0 Å². The first-order chi connectivity index (χ1) is 10.4. The summed E-state index contributed by atoms with van der Waals surface area (Å²) in [5, 5.41) is 4.50. The van der Waals surface area contributed by atoms with Crippen LogP contribution < -0.4 is 0 Å². The number of hydrogen-bond donors (Lipinski definition) is 0. The molecule has 1 aliphatic rings. The Balaban J connectivity index is 1.91. The van der Waals surface area contributed by atoms with Gasteiger partial charge in [0.1, 0.15) is 5.69 Å². The number of aromatic nitrogens is 4. The number of hydrogen-bond acceptors (Lipinski definition) is 4. The molecule has 0 saturated heterocycles. The van der Waals surface area contributed by atoms with Crippen molar-refractivity contribution in [2.24, 2.45) is 0 Å². The fraction of sp³-hybridized carbons (Fsp3) is 0.467. The van der Waals surface area contributed by atoms with Crippen molar-refractivity contribution in [2.75, 3.05) is 6.54 Å². The van der Waals surface area contributed by atoms with Crippen LogP contribution >= 0.6 is 22.6 Å².